The molecule has 0 aliphatic carbocycles. The number of imidazole rings is 2. The van der Waals surface area contributed by atoms with Gasteiger partial charge in [-0.15, -0.1) is 0 Å². The number of aryl methyl sites for hydroxylation is 2. The summed E-state index contributed by atoms with van der Waals surface area (Å²) in [5.74, 6) is 0.840. The number of aromatic nitrogens is 4. The van der Waals surface area contributed by atoms with Crippen LogP contribution in [0.15, 0.2) is 42.6 Å². The second-order valence-electron chi connectivity index (χ2n) is 7.18. The van der Waals surface area contributed by atoms with Crippen molar-refractivity contribution in [3.8, 4) is 0 Å². The minimum Gasteiger partial charge on any atom is -0.348 e. The molecular weight excluding hydrogens is 350 g/mol. The van der Waals surface area contributed by atoms with Gasteiger partial charge in [0, 0.05) is 26.3 Å². The molecule has 0 bridgehead atoms. The Morgan fingerprint density at radius 2 is 1.79 bits per heavy atom. The van der Waals surface area contributed by atoms with E-state index >= 15 is 0 Å². The largest absolute Gasteiger partial charge is 0.348 e. The third-order valence-electron chi connectivity index (χ3n) is 5.61. The van der Waals surface area contributed by atoms with Crippen LogP contribution in [0.25, 0.3) is 16.8 Å². The molecule has 0 fully saturated rings. The Labute approximate surface area is 165 Å². The first-order valence-corrected chi connectivity index (χ1v) is 9.91. The van der Waals surface area contributed by atoms with Crippen molar-refractivity contribution in [1.82, 2.24) is 23.4 Å². The summed E-state index contributed by atoms with van der Waals surface area (Å²) in [5.41, 5.74) is 4.22. The quantitative estimate of drug-likeness (QED) is 0.463. The van der Waals surface area contributed by atoms with E-state index < -0.39 is 0 Å². The van der Waals surface area contributed by atoms with Gasteiger partial charge in [0.15, 0.2) is 0 Å². The fourth-order valence-corrected chi connectivity index (χ4v) is 4.00. The van der Waals surface area contributed by atoms with Gasteiger partial charge in [0.05, 0.1) is 22.4 Å². The molecule has 0 N–H and O–H groups in total. The summed E-state index contributed by atoms with van der Waals surface area (Å²) in [5, 5.41) is 0. The number of carbonyl (C=O) groups is 1. The lowest BCUT2D eigenvalue weighted by Gasteiger charge is -2.18. The number of fused-ring (bicyclic) bond motifs is 3. The second kappa shape index (κ2) is 7.28. The van der Waals surface area contributed by atoms with Crippen molar-refractivity contribution >= 4 is 22.6 Å². The monoisotopic (exact) mass is 377 g/mol. The minimum atomic E-state index is 0.00384. The van der Waals surface area contributed by atoms with Gasteiger partial charge < -0.3 is 14.0 Å². The zero-order chi connectivity index (χ0) is 19.8. The topological polar surface area (TPSA) is 47.5 Å². The van der Waals surface area contributed by atoms with Gasteiger partial charge in [-0.1, -0.05) is 26.0 Å². The number of para-hydroxylation sites is 2. The Hall–Kier alpha value is -2.86. The van der Waals surface area contributed by atoms with E-state index in [4.69, 9.17) is 4.98 Å². The first kappa shape index (κ1) is 18.5. The number of likely N-dealkylation sites (N-methyl/N-ethyl adjacent to an activating group) is 1. The van der Waals surface area contributed by atoms with Crippen molar-refractivity contribution in [3.05, 3.63) is 59.7 Å². The van der Waals surface area contributed by atoms with Crippen LogP contribution in [0.2, 0.25) is 0 Å². The molecule has 3 aromatic heterocycles. The van der Waals surface area contributed by atoms with E-state index in [0.29, 0.717) is 11.4 Å². The molecule has 4 aromatic rings. The maximum Gasteiger partial charge on any atom is 0.228 e. The average Bonchev–Trinajstić information content (AvgIpc) is 3.35. The zero-order valence-corrected chi connectivity index (χ0v) is 17.0. The van der Waals surface area contributed by atoms with Crippen LogP contribution in [0.3, 0.4) is 0 Å². The Morgan fingerprint density at radius 1 is 1.07 bits per heavy atom. The normalized spacial score (nSPS) is 11.9. The average molecular weight is 377 g/mol. The van der Waals surface area contributed by atoms with E-state index in [1.807, 2.05) is 53.4 Å². The molecule has 0 unspecified atom stereocenters. The number of ketones is 1. The molecule has 0 spiro atoms. The van der Waals surface area contributed by atoms with Crippen LogP contribution in [0, 0.1) is 6.92 Å². The van der Waals surface area contributed by atoms with Gasteiger partial charge in [0.2, 0.25) is 11.6 Å². The smallest absolute Gasteiger partial charge is 0.228 e. The van der Waals surface area contributed by atoms with Crippen LogP contribution in [-0.4, -0.2) is 48.8 Å². The summed E-state index contributed by atoms with van der Waals surface area (Å²) < 4.78 is 6.13. The van der Waals surface area contributed by atoms with Gasteiger partial charge >= 0.3 is 0 Å². The maximum atomic E-state index is 13.3. The lowest BCUT2D eigenvalue weighted by Crippen LogP contribution is -2.27. The van der Waals surface area contributed by atoms with E-state index in [1.54, 1.807) is 0 Å². The first-order valence-electron chi connectivity index (χ1n) is 9.91. The lowest BCUT2D eigenvalue weighted by molar-refractivity contribution is 0.102. The number of hydrogen-bond acceptors (Lipinski definition) is 3. The molecule has 6 nitrogen and oxygen atoms in total. The van der Waals surface area contributed by atoms with Gasteiger partial charge in [0.1, 0.15) is 5.69 Å². The van der Waals surface area contributed by atoms with E-state index in [2.05, 4.69) is 35.4 Å². The van der Waals surface area contributed by atoms with Crippen molar-refractivity contribution in [2.24, 2.45) is 7.05 Å². The van der Waals surface area contributed by atoms with E-state index in [-0.39, 0.29) is 5.78 Å². The summed E-state index contributed by atoms with van der Waals surface area (Å²) in [6, 6.07) is 12.0. The first-order chi connectivity index (χ1) is 13.6. The van der Waals surface area contributed by atoms with Crippen molar-refractivity contribution in [1.29, 1.82) is 0 Å². The van der Waals surface area contributed by atoms with Gasteiger partial charge in [-0.2, -0.15) is 0 Å². The van der Waals surface area contributed by atoms with Crippen LogP contribution < -0.4 is 0 Å². The minimum absolute atomic E-state index is 0.00384. The molecule has 4 rings (SSSR count). The molecule has 146 valence electrons. The van der Waals surface area contributed by atoms with Crippen LogP contribution in [0.1, 0.15) is 35.7 Å². The summed E-state index contributed by atoms with van der Waals surface area (Å²) >= 11 is 0. The van der Waals surface area contributed by atoms with Gasteiger partial charge in [-0.05, 0) is 44.3 Å². The molecule has 0 aliphatic rings. The number of rotatable bonds is 7. The molecule has 0 atom stereocenters. The van der Waals surface area contributed by atoms with Gasteiger partial charge in [-0.25, -0.2) is 4.98 Å². The van der Waals surface area contributed by atoms with Crippen LogP contribution >= 0.6 is 0 Å². The summed E-state index contributed by atoms with van der Waals surface area (Å²) in [6.45, 7) is 10.1. The Balaban J connectivity index is 1.90. The van der Waals surface area contributed by atoms with Crippen molar-refractivity contribution in [2.45, 2.75) is 27.3 Å². The summed E-state index contributed by atoms with van der Waals surface area (Å²) in [4.78, 5) is 20.6. The number of benzene rings is 1. The van der Waals surface area contributed by atoms with Crippen LogP contribution in [0.5, 0.6) is 0 Å². The second-order valence-corrected chi connectivity index (χ2v) is 7.18. The molecule has 3 heterocycles. The van der Waals surface area contributed by atoms with Crippen molar-refractivity contribution < 1.29 is 4.79 Å². The molecule has 0 amide bonds. The maximum absolute atomic E-state index is 13.3. The molecule has 1 aromatic carbocycles. The highest BCUT2D eigenvalue weighted by Crippen LogP contribution is 2.26. The molecule has 6 heteroatoms. The summed E-state index contributed by atoms with van der Waals surface area (Å²) in [7, 11) is 1.90. The predicted molar refractivity (Wildman–Crippen MR) is 112 cm³/mol. The van der Waals surface area contributed by atoms with Crippen LogP contribution in [0.4, 0.5) is 0 Å². The highest BCUT2D eigenvalue weighted by Gasteiger charge is 2.24. The number of hydrogen-bond donors (Lipinski definition) is 0. The van der Waals surface area contributed by atoms with Crippen molar-refractivity contribution in [3.63, 3.8) is 0 Å². The van der Waals surface area contributed by atoms with Crippen LogP contribution in [-0.2, 0) is 13.6 Å². The Morgan fingerprint density at radius 3 is 2.43 bits per heavy atom. The standard InChI is InChI=1S/C22H27N5O/c1-5-25(6-2)14-15-26-17-10-7-8-11-18(17)27-20(16(3)23-22(26)27)21(28)19-12-9-13-24(19)4/h7-13H,5-6,14-15H2,1-4H3. The number of nitrogens with zero attached hydrogens (tertiary/aromatic N) is 5. The fourth-order valence-electron chi connectivity index (χ4n) is 4.00. The molecular formula is C22H27N5O. The molecule has 0 saturated heterocycles. The molecule has 28 heavy (non-hydrogen) atoms. The predicted octanol–water partition coefficient (Wildman–Crippen LogP) is 3.51. The third-order valence-corrected chi connectivity index (χ3v) is 5.61. The zero-order valence-electron chi connectivity index (χ0n) is 17.0. The molecule has 0 radical (unpaired) electrons. The molecule has 0 aliphatic heterocycles. The third kappa shape index (κ3) is 2.85. The Bertz CT molecular complexity index is 1140. The SMILES string of the molecule is CCN(CC)CCn1c2ccccc2n2c(C(=O)c3cccn3C)c(C)nc12. The van der Waals surface area contributed by atoms with E-state index in [0.717, 1.165) is 48.7 Å². The van der Waals surface area contributed by atoms with E-state index in [9.17, 15) is 4.79 Å². The van der Waals surface area contributed by atoms with Gasteiger partial charge in [-0.3, -0.25) is 9.20 Å². The lowest BCUT2D eigenvalue weighted by atomic mass is 10.2. The highest BCUT2D eigenvalue weighted by molar-refractivity contribution is 6.09. The Kier molecular flexibility index (Phi) is 4.81. The van der Waals surface area contributed by atoms with Gasteiger partial charge in [0.25, 0.3) is 0 Å². The fraction of sp³-hybridized carbons (Fsp3) is 0.364. The summed E-state index contributed by atoms with van der Waals surface area (Å²) in [6.07, 6.45) is 1.90. The number of carbonyl (C=O) groups excluding carboxylic acids is 1. The highest BCUT2D eigenvalue weighted by atomic mass is 16.1. The molecule has 0 saturated carbocycles. The van der Waals surface area contributed by atoms with E-state index in [1.165, 1.54) is 0 Å². The van der Waals surface area contributed by atoms with Crippen molar-refractivity contribution in [2.75, 3.05) is 19.6 Å².